The summed E-state index contributed by atoms with van der Waals surface area (Å²) in [5.74, 6) is -0.400. The number of benzene rings is 2. The van der Waals surface area contributed by atoms with Crippen molar-refractivity contribution >= 4 is 21.4 Å². The molecule has 0 fully saturated rings. The first kappa shape index (κ1) is 16.8. The van der Waals surface area contributed by atoms with Gasteiger partial charge in [-0.15, -0.1) is 5.10 Å². The topological polar surface area (TPSA) is 107 Å². The van der Waals surface area contributed by atoms with Gasteiger partial charge in [-0.05, 0) is 53.2 Å². The van der Waals surface area contributed by atoms with Crippen molar-refractivity contribution in [3.63, 3.8) is 0 Å². The Hall–Kier alpha value is -3.07. The second-order valence-corrected chi connectivity index (χ2v) is 7.52. The summed E-state index contributed by atoms with van der Waals surface area (Å²) in [7, 11) is -3.38. The number of nitrogens with one attached hydrogen (secondary N) is 1. The van der Waals surface area contributed by atoms with E-state index >= 15 is 0 Å². The normalized spacial score (nSPS) is 11.3. The number of sulfone groups is 1. The third-order valence-electron chi connectivity index (χ3n) is 3.61. The zero-order valence-electron chi connectivity index (χ0n) is 13.5. The van der Waals surface area contributed by atoms with Crippen LogP contribution in [0.1, 0.15) is 15.9 Å². The van der Waals surface area contributed by atoms with Crippen LogP contribution in [0.3, 0.4) is 0 Å². The summed E-state index contributed by atoms with van der Waals surface area (Å²) in [5.41, 5.74) is 2.39. The van der Waals surface area contributed by atoms with E-state index in [2.05, 4.69) is 20.8 Å². The van der Waals surface area contributed by atoms with Crippen LogP contribution in [0.4, 0.5) is 5.69 Å². The van der Waals surface area contributed by atoms with Crippen LogP contribution in [0.15, 0.2) is 53.7 Å². The number of carbonyl (C=O) groups is 1. The van der Waals surface area contributed by atoms with Crippen LogP contribution in [-0.4, -0.2) is 40.8 Å². The van der Waals surface area contributed by atoms with Crippen LogP contribution in [0.2, 0.25) is 0 Å². The summed E-state index contributed by atoms with van der Waals surface area (Å²) in [6.45, 7) is 1.85. The molecule has 0 aliphatic carbocycles. The number of aromatic nitrogens is 4. The van der Waals surface area contributed by atoms with E-state index in [-0.39, 0.29) is 10.5 Å². The van der Waals surface area contributed by atoms with Crippen molar-refractivity contribution in [3.05, 3.63) is 59.9 Å². The van der Waals surface area contributed by atoms with E-state index in [0.29, 0.717) is 11.4 Å². The molecule has 3 rings (SSSR count). The standard InChI is InChI=1S/C16H15N5O3S/c1-11-6-7-13(21-10-17-19-20-21)9-15(11)18-16(22)12-4-3-5-14(8-12)25(2,23)24/h3-10H,1-2H3,(H,18,22). The summed E-state index contributed by atoms with van der Waals surface area (Å²) in [6, 6.07) is 11.3. The first-order valence-electron chi connectivity index (χ1n) is 7.30. The Morgan fingerprint density at radius 2 is 1.96 bits per heavy atom. The molecule has 1 amide bonds. The van der Waals surface area contributed by atoms with Gasteiger partial charge in [0, 0.05) is 17.5 Å². The first-order valence-corrected chi connectivity index (χ1v) is 9.19. The van der Waals surface area contributed by atoms with Crippen LogP contribution >= 0.6 is 0 Å². The van der Waals surface area contributed by atoms with E-state index in [1.54, 1.807) is 12.1 Å². The molecule has 0 aliphatic rings. The number of rotatable bonds is 4. The van der Waals surface area contributed by atoms with Gasteiger partial charge in [-0.25, -0.2) is 13.1 Å². The highest BCUT2D eigenvalue weighted by Gasteiger charge is 2.13. The van der Waals surface area contributed by atoms with Gasteiger partial charge in [0.2, 0.25) is 0 Å². The molecule has 0 aliphatic heterocycles. The predicted molar refractivity (Wildman–Crippen MR) is 91.4 cm³/mol. The van der Waals surface area contributed by atoms with Gasteiger partial charge in [0.15, 0.2) is 9.84 Å². The third-order valence-corrected chi connectivity index (χ3v) is 4.72. The zero-order chi connectivity index (χ0) is 18.0. The molecule has 0 radical (unpaired) electrons. The van der Waals surface area contributed by atoms with E-state index in [0.717, 1.165) is 11.8 Å². The summed E-state index contributed by atoms with van der Waals surface area (Å²) >= 11 is 0. The van der Waals surface area contributed by atoms with Crippen molar-refractivity contribution < 1.29 is 13.2 Å². The van der Waals surface area contributed by atoms with Gasteiger partial charge in [0.25, 0.3) is 5.91 Å². The van der Waals surface area contributed by atoms with Gasteiger partial charge >= 0.3 is 0 Å². The highest BCUT2D eigenvalue weighted by Crippen LogP contribution is 2.20. The van der Waals surface area contributed by atoms with Crippen LogP contribution in [0, 0.1) is 6.92 Å². The third kappa shape index (κ3) is 3.72. The molecule has 0 spiro atoms. The fraction of sp³-hybridized carbons (Fsp3) is 0.125. The lowest BCUT2D eigenvalue weighted by atomic mass is 10.1. The minimum Gasteiger partial charge on any atom is -0.322 e. The van der Waals surface area contributed by atoms with Crippen LogP contribution in [0.25, 0.3) is 5.69 Å². The van der Waals surface area contributed by atoms with E-state index < -0.39 is 15.7 Å². The quantitative estimate of drug-likeness (QED) is 0.760. The van der Waals surface area contributed by atoms with Crippen molar-refractivity contribution in [1.82, 2.24) is 20.2 Å². The molecule has 0 saturated carbocycles. The fourth-order valence-corrected chi connectivity index (χ4v) is 2.90. The molecule has 25 heavy (non-hydrogen) atoms. The molecular weight excluding hydrogens is 342 g/mol. The molecule has 1 heterocycles. The Morgan fingerprint density at radius 3 is 2.64 bits per heavy atom. The monoisotopic (exact) mass is 357 g/mol. The number of anilines is 1. The SMILES string of the molecule is Cc1ccc(-n2cnnn2)cc1NC(=O)c1cccc(S(C)(=O)=O)c1. The molecule has 3 aromatic rings. The van der Waals surface area contributed by atoms with Gasteiger partial charge in [-0.2, -0.15) is 0 Å². The molecule has 0 saturated heterocycles. The maximum atomic E-state index is 12.5. The summed E-state index contributed by atoms with van der Waals surface area (Å²) in [5, 5.41) is 13.8. The second-order valence-electron chi connectivity index (χ2n) is 5.51. The van der Waals surface area contributed by atoms with E-state index in [1.165, 1.54) is 29.2 Å². The summed E-state index contributed by atoms with van der Waals surface area (Å²) in [6.07, 6.45) is 2.55. The van der Waals surface area contributed by atoms with Gasteiger partial charge in [0.1, 0.15) is 6.33 Å². The Bertz CT molecular complexity index is 1030. The van der Waals surface area contributed by atoms with Crippen molar-refractivity contribution in [2.24, 2.45) is 0 Å². The van der Waals surface area contributed by atoms with Gasteiger partial charge in [-0.3, -0.25) is 4.79 Å². The Balaban J connectivity index is 1.90. The van der Waals surface area contributed by atoms with E-state index in [1.807, 2.05) is 19.1 Å². The van der Waals surface area contributed by atoms with Crippen molar-refractivity contribution in [3.8, 4) is 5.69 Å². The van der Waals surface area contributed by atoms with Gasteiger partial charge in [0.05, 0.1) is 10.6 Å². The molecule has 0 unspecified atom stereocenters. The maximum Gasteiger partial charge on any atom is 0.255 e. The molecule has 2 aromatic carbocycles. The molecule has 128 valence electrons. The summed E-state index contributed by atoms with van der Waals surface area (Å²) < 4.78 is 24.8. The summed E-state index contributed by atoms with van der Waals surface area (Å²) in [4.78, 5) is 12.6. The lowest BCUT2D eigenvalue weighted by molar-refractivity contribution is 0.102. The molecule has 0 bridgehead atoms. The minimum absolute atomic E-state index is 0.0966. The fourth-order valence-electron chi connectivity index (χ4n) is 2.23. The average molecular weight is 357 g/mol. The lowest BCUT2D eigenvalue weighted by Crippen LogP contribution is -2.14. The average Bonchev–Trinajstić information content (AvgIpc) is 3.10. The van der Waals surface area contributed by atoms with Gasteiger partial charge < -0.3 is 5.32 Å². The number of hydrogen-bond acceptors (Lipinski definition) is 6. The smallest absolute Gasteiger partial charge is 0.255 e. The second kappa shape index (κ2) is 6.44. The molecule has 8 nitrogen and oxygen atoms in total. The van der Waals surface area contributed by atoms with Gasteiger partial charge in [-0.1, -0.05) is 12.1 Å². The Morgan fingerprint density at radius 1 is 1.16 bits per heavy atom. The highest BCUT2D eigenvalue weighted by atomic mass is 32.2. The van der Waals surface area contributed by atoms with Crippen LogP contribution in [-0.2, 0) is 9.84 Å². The minimum atomic E-state index is -3.38. The van der Waals surface area contributed by atoms with Crippen molar-refractivity contribution in [2.75, 3.05) is 11.6 Å². The molecule has 1 aromatic heterocycles. The number of nitrogens with zero attached hydrogens (tertiary/aromatic N) is 4. The number of carbonyl (C=O) groups excluding carboxylic acids is 1. The predicted octanol–water partition coefficient (Wildman–Crippen LogP) is 1.63. The number of amides is 1. The zero-order valence-corrected chi connectivity index (χ0v) is 14.4. The van der Waals surface area contributed by atoms with E-state index in [9.17, 15) is 13.2 Å². The Labute approximate surface area is 144 Å². The van der Waals surface area contributed by atoms with Crippen molar-refractivity contribution in [1.29, 1.82) is 0 Å². The van der Waals surface area contributed by atoms with Crippen LogP contribution in [0.5, 0.6) is 0 Å². The molecule has 9 heteroatoms. The van der Waals surface area contributed by atoms with E-state index in [4.69, 9.17) is 0 Å². The largest absolute Gasteiger partial charge is 0.322 e. The first-order chi connectivity index (χ1) is 11.8. The Kier molecular flexibility index (Phi) is 4.32. The molecule has 0 atom stereocenters. The van der Waals surface area contributed by atoms with Crippen LogP contribution < -0.4 is 5.32 Å². The number of tetrazole rings is 1. The molecular formula is C16H15N5O3S. The highest BCUT2D eigenvalue weighted by molar-refractivity contribution is 7.90. The number of hydrogen-bond donors (Lipinski definition) is 1. The molecule has 1 N–H and O–H groups in total. The maximum absolute atomic E-state index is 12.5. The van der Waals surface area contributed by atoms with Crippen molar-refractivity contribution in [2.45, 2.75) is 11.8 Å². The lowest BCUT2D eigenvalue weighted by Gasteiger charge is -2.11. The number of aryl methyl sites for hydroxylation is 1.